The number of nitriles is 1. The predicted molar refractivity (Wildman–Crippen MR) is 101 cm³/mol. The van der Waals surface area contributed by atoms with Gasteiger partial charge in [-0.2, -0.15) is 5.26 Å². The van der Waals surface area contributed by atoms with Crippen LogP contribution in [0.2, 0.25) is 0 Å². The maximum Gasteiger partial charge on any atom is 0.194 e. The Morgan fingerprint density at radius 3 is 2.46 bits per heavy atom. The number of piperazine rings is 1. The molecule has 0 radical (unpaired) electrons. The summed E-state index contributed by atoms with van der Waals surface area (Å²) in [5.41, 5.74) is 0.953. The standard InChI is InChI=1S/C20H20F3N5/c1-25-20(26-13-15-3-2-14(12-24)10-18(15)23)28-8-6-27(7-9-28)19-11-16(21)4-5-17(19)22/h2-5,10-11H,6-9,13H2,1H3,(H,25,26). The number of guanidine groups is 1. The van der Waals surface area contributed by atoms with Gasteiger partial charge in [0.25, 0.3) is 0 Å². The second kappa shape index (κ2) is 8.65. The van der Waals surface area contributed by atoms with Crippen LogP contribution in [0.3, 0.4) is 0 Å². The van der Waals surface area contributed by atoms with Crippen molar-refractivity contribution in [2.24, 2.45) is 4.99 Å². The molecule has 0 unspecified atom stereocenters. The Morgan fingerprint density at radius 2 is 1.82 bits per heavy atom. The number of anilines is 1. The van der Waals surface area contributed by atoms with Gasteiger partial charge >= 0.3 is 0 Å². The fourth-order valence-corrected chi connectivity index (χ4v) is 3.15. The Balaban J connectivity index is 1.60. The lowest BCUT2D eigenvalue weighted by atomic mass is 10.1. The molecule has 0 saturated carbocycles. The van der Waals surface area contributed by atoms with E-state index in [4.69, 9.17) is 5.26 Å². The van der Waals surface area contributed by atoms with Gasteiger partial charge in [0.05, 0.1) is 17.3 Å². The fraction of sp³-hybridized carbons (Fsp3) is 0.300. The minimum absolute atomic E-state index is 0.225. The van der Waals surface area contributed by atoms with Crippen molar-refractivity contribution in [3.05, 3.63) is 65.0 Å². The summed E-state index contributed by atoms with van der Waals surface area (Å²) in [6.07, 6.45) is 0. The average Bonchev–Trinajstić information content (AvgIpc) is 2.71. The molecule has 5 nitrogen and oxygen atoms in total. The zero-order valence-electron chi connectivity index (χ0n) is 15.4. The molecule has 0 spiro atoms. The third-order valence-electron chi connectivity index (χ3n) is 4.66. The van der Waals surface area contributed by atoms with Crippen LogP contribution in [0.1, 0.15) is 11.1 Å². The molecule has 146 valence electrons. The Labute approximate surface area is 161 Å². The van der Waals surface area contributed by atoms with Crippen LogP contribution in [0.4, 0.5) is 18.9 Å². The molecule has 0 aromatic heterocycles. The van der Waals surface area contributed by atoms with Crippen LogP contribution in [0.15, 0.2) is 41.4 Å². The van der Waals surface area contributed by atoms with Gasteiger partial charge < -0.3 is 15.1 Å². The molecule has 1 aliphatic rings. The van der Waals surface area contributed by atoms with Gasteiger partial charge in [-0.05, 0) is 24.3 Å². The first kappa shape index (κ1) is 19.5. The highest BCUT2D eigenvalue weighted by Crippen LogP contribution is 2.22. The van der Waals surface area contributed by atoms with Gasteiger partial charge in [0.2, 0.25) is 0 Å². The normalized spacial score (nSPS) is 14.8. The second-order valence-electron chi connectivity index (χ2n) is 6.39. The first-order valence-corrected chi connectivity index (χ1v) is 8.86. The van der Waals surface area contributed by atoms with E-state index in [-0.39, 0.29) is 17.8 Å². The van der Waals surface area contributed by atoms with Crippen molar-refractivity contribution < 1.29 is 13.2 Å². The molecule has 0 atom stereocenters. The van der Waals surface area contributed by atoms with E-state index in [9.17, 15) is 13.2 Å². The lowest BCUT2D eigenvalue weighted by Crippen LogP contribution is -2.52. The maximum atomic E-state index is 14.0. The van der Waals surface area contributed by atoms with Gasteiger partial charge in [-0.3, -0.25) is 4.99 Å². The number of nitrogens with one attached hydrogen (secondary N) is 1. The molecule has 28 heavy (non-hydrogen) atoms. The number of rotatable bonds is 3. The molecule has 2 aromatic rings. The molecule has 0 bridgehead atoms. The summed E-state index contributed by atoms with van der Waals surface area (Å²) in [5, 5.41) is 11.9. The van der Waals surface area contributed by atoms with Crippen molar-refractivity contribution in [3.8, 4) is 6.07 Å². The molecule has 3 rings (SSSR count). The van der Waals surface area contributed by atoms with Gasteiger partial charge in [0.15, 0.2) is 5.96 Å². The third kappa shape index (κ3) is 4.36. The number of halogens is 3. The SMILES string of the molecule is CN=C(NCc1ccc(C#N)cc1F)N1CCN(c2cc(F)ccc2F)CC1. The van der Waals surface area contributed by atoms with Crippen LogP contribution >= 0.6 is 0 Å². The number of hydrogen-bond acceptors (Lipinski definition) is 3. The predicted octanol–water partition coefficient (Wildman–Crippen LogP) is 2.87. The molecule has 1 heterocycles. The van der Waals surface area contributed by atoms with Crippen LogP contribution in [0, 0.1) is 28.8 Å². The van der Waals surface area contributed by atoms with E-state index in [1.54, 1.807) is 24.1 Å². The van der Waals surface area contributed by atoms with E-state index in [1.807, 2.05) is 11.0 Å². The smallest absolute Gasteiger partial charge is 0.194 e. The molecular weight excluding hydrogens is 367 g/mol. The molecule has 0 amide bonds. The highest BCUT2D eigenvalue weighted by molar-refractivity contribution is 5.80. The van der Waals surface area contributed by atoms with Gasteiger partial charge in [0.1, 0.15) is 17.5 Å². The van der Waals surface area contributed by atoms with Crippen LogP contribution in [-0.2, 0) is 6.54 Å². The first-order chi connectivity index (χ1) is 13.5. The van der Waals surface area contributed by atoms with Crippen molar-refractivity contribution in [1.82, 2.24) is 10.2 Å². The summed E-state index contributed by atoms with van der Waals surface area (Å²) in [4.78, 5) is 8.00. The Hall–Kier alpha value is -3.21. The minimum atomic E-state index is -0.472. The summed E-state index contributed by atoms with van der Waals surface area (Å²) in [7, 11) is 1.64. The largest absolute Gasteiger partial charge is 0.366 e. The van der Waals surface area contributed by atoms with Crippen LogP contribution in [0.25, 0.3) is 0 Å². The molecular formula is C20H20F3N5. The van der Waals surface area contributed by atoms with Crippen molar-refractivity contribution >= 4 is 11.6 Å². The minimum Gasteiger partial charge on any atom is -0.366 e. The van der Waals surface area contributed by atoms with E-state index in [1.165, 1.54) is 12.1 Å². The molecule has 2 aromatic carbocycles. The summed E-state index contributed by atoms with van der Waals surface area (Å²) in [6.45, 7) is 2.36. The Morgan fingerprint density at radius 1 is 1.07 bits per heavy atom. The molecule has 0 aliphatic carbocycles. The van der Waals surface area contributed by atoms with E-state index in [2.05, 4.69) is 10.3 Å². The number of aliphatic imine (C=N–C) groups is 1. The van der Waals surface area contributed by atoms with Crippen molar-refractivity contribution in [2.45, 2.75) is 6.54 Å². The molecule has 1 fully saturated rings. The highest BCUT2D eigenvalue weighted by atomic mass is 19.1. The van der Waals surface area contributed by atoms with Gasteiger partial charge in [-0.1, -0.05) is 6.07 Å². The van der Waals surface area contributed by atoms with Crippen molar-refractivity contribution in [1.29, 1.82) is 5.26 Å². The van der Waals surface area contributed by atoms with Crippen molar-refractivity contribution in [3.63, 3.8) is 0 Å². The maximum absolute atomic E-state index is 14.0. The second-order valence-corrected chi connectivity index (χ2v) is 6.39. The monoisotopic (exact) mass is 387 g/mol. The van der Waals surface area contributed by atoms with Gasteiger partial charge in [-0.15, -0.1) is 0 Å². The van der Waals surface area contributed by atoms with Gasteiger partial charge in [0, 0.05) is 51.4 Å². The van der Waals surface area contributed by atoms with E-state index < -0.39 is 17.5 Å². The topological polar surface area (TPSA) is 54.7 Å². The number of hydrogen-bond donors (Lipinski definition) is 1. The number of benzene rings is 2. The fourth-order valence-electron chi connectivity index (χ4n) is 3.15. The Bertz CT molecular complexity index is 915. The van der Waals surface area contributed by atoms with Gasteiger partial charge in [-0.25, -0.2) is 13.2 Å². The molecule has 1 N–H and O–H groups in total. The summed E-state index contributed by atoms with van der Waals surface area (Å²) in [5.74, 6) is -0.772. The zero-order chi connectivity index (χ0) is 20.1. The summed E-state index contributed by atoms with van der Waals surface area (Å²) in [6, 6.07) is 9.66. The van der Waals surface area contributed by atoms with E-state index >= 15 is 0 Å². The number of nitrogens with zero attached hydrogens (tertiary/aromatic N) is 4. The summed E-state index contributed by atoms with van der Waals surface area (Å²) >= 11 is 0. The quantitative estimate of drug-likeness (QED) is 0.650. The zero-order valence-corrected chi connectivity index (χ0v) is 15.4. The lowest BCUT2D eigenvalue weighted by molar-refractivity contribution is 0.370. The van der Waals surface area contributed by atoms with Crippen LogP contribution in [0.5, 0.6) is 0 Å². The Kier molecular flexibility index (Phi) is 6.04. The lowest BCUT2D eigenvalue weighted by Gasteiger charge is -2.37. The van der Waals surface area contributed by atoms with E-state index in [0.29, 0.717) is 37.7 Å². The highest BCUT2D eigenvalue weighted by Gasteiger charge is 2.22. The average molecular weight is 387 g/mol. The molecule has 1 saturated heterocycles. The van der Waals surface area contributed by atoms with Crippen molar-refractivity contribution in [2.75, 3.05) is 38.1 Å². The molecule has 8 heteroatoms. The summed E-state index contributed by atoms with van der Waals surface area (Å²) < 4.78 is 41.4. The molecule has 1 aliphatic heterocycles. The van der Waals surface area contributed by atoms with E-state index in [0.717, 1.165) is 12.1 Å². The van der Waals surface area contributed by atoms with Crippen LogP contribution in [-0.4, -0.2) is 44.1 Å². The van der Waals surface area contributed by atoms with Crippen LogP contribution < -0.4 is 10.2 Å². The third-order valence-corrected chi connectivity index (χ3v) is 4.66. The first-order valence-electron chi connectivity index (χ1n) is 8.86.